The molecule has 2 aliphatic heterocycles. The third kappa shape index (κ3) is 3.41. The molecule has 0 bridgehead atoms. The molecule has 0 saturated carbocycles. The summed E-state index contributed by atoms with van der Waals surface area (Å²) in [7, 11) is 0. The maximum absolute atomic E-state index is 13.0. The van der Waals surface area contributed by atoms with Crippen molar-refractivity contribution in [2.45, 2.75) is 32.6 Å². The molecule has 0 atom stereocenters. The van der Waals surface area contributed by atoms with Gasteiger partial charge < -0.3 is 9.80 Å². The fourth-order valence-corrected chi connectivity index (χ4v) is 3.92. The van der Waals surface area contributed by atoms with Crippen LogP contribution in [0.2, 0.25) is 0 Å². The van der Waals surface area contributed by atoms with Crippen molar-refractivity contribution in [3.05, 3.63) is 36.0 Å². The van der Waals surface area contributed by atoms with Crippen molar-refractivity contribution in [2.75, 3.05) is 36.0 Å². The van der Waals surface area contributed by atoms with Crippen molar-refractivity contribution >= 4 is 11.8 Å². The van der Waals surface area contributed by atoms with E-state index in [0.29, 0.717) is 11.4 Å². The van der Waals surface area contributed by atoms with E-state index in [0.717, 1.165) is 50.5 Å². The minimum atomic E-state index is -0.385. The molecule has 2 saturated heterocycles. The molecular weight excluding hydrogens is 319 g/mol. The Morgan fingerprint density at radius 1 is 0.880 bits per heavy atom. The summed E-state index contributed by atoms with van der Waals surface area (Å²) < 4.78 is 13.0. The Morgan fingerprint density at radius 3 is 2.04 bits per heavy atom. The highest BCUT2D eigenvalue weighted by Crippen LogP contribution is 2.42. The lowest BCUT2D eigenvalue weighted by Crippen LogP contribution is -2.47. The topological polar surface area (TPSA) is 58.0 Å². The van der Waals surface area contributed by atoms with E-state index >= 15 is 0 Å². The predicted molar refractivity (Wildman–Crippen MR) is 94.1 cm³/mol. The Bertz CT molecular complexity index is 634. The molecule has 7 heteroatoms. The first-order valence-corrected chi connectivity index (χ1v) is 8.91. The zero-order valence-corrected chi connectivity index (χ0v) is 14.5. The number of anilines is 2. The van der Waals surface area contributed by atoms with Gasteiger partial charge in [-0.15, -0.1) is 5.10 Å². The normalized spacial score (nSPS) is 20.1. The fourth-order valence-electron chi connectivity index (χ4n) is 3.92. The summed E-state index contributed by atoms with van der Waals surface area (Å²) in [5.74, 6) is 1.24. The Kier molecular flexibility index (Phi) is 4.23. The van der Waals surface area contributed by atoms with Crippen LogP contribution in [0.1, 0.15) is 31.4 Å². The lowest BCUT2D eigenvalue weighted by Gasteiger charge is -2.47. The van der Waals surface area contributed by atoms with Crippen LogP contribution in [0.3, 0.4) is 0 Å². The molecule has 2 aromatic heterocycles. The van der Waals surface area contributed by atoms with Crippen molar-refractivity contribution in [3.63, 3.8) is 0 Å². The van der Waals surface area contributed by atoms with Gasteiger partial charge in [-0.2, -0.15) is 5.10 Å². The highest BCUT2D eigenvalue weighted by molar-refractivity contribution is 5.38. The van der Waals surface area contributed by atoms with Crippen LogP contribution in [0, 0.1) is 18.2 Å². The number of aryl methyl sites for hydroxylation is 1. The molecule has 4 heterocycles. The summed E-state index contributed by atoms with van der Waals surface area (Å²) in [6.07, 6.45) is 7.13. The number of rotatable bonds is 2. The van der Waals surface area contributed by atoms with Crippen LogP contribution in [0.15, 0.2) is 24.5 Å². The molecule has 0 aliphatic carbocycles. The van der Waals surface area contributed by atoms with Crippen molar-refractivity contribution < 1.29 is 4.39 Å². The van der Waals surface area contributed by atoms with Crippen LogP contribution in [0.25, 0.3) is 0 Å². The van der Waals surface area contributed by atoms with E-state index in [1.807, 2.05) is 13.0 Å². The molecule has 6 nitrogen and oxygen atoms in total. The zero-order chi connectivity index (χ0) is 17.3. The van der Waals surface area contributed by atoms with Gasteiger partial charge in [-0.05, 0) is 50.2 Å². The molecule has 1 spiro atoms. The van der Waals surface area contributed by atoms with Crippen LogP contribution in [-0.4, -0.2) is 46.3 Å². The van der Waals surface area contributed by atoms with E-state index in [-0.39, 0.29) is 5.82 Å². The first kappa shape index (κ1) is 16.2. The SMILES string of the molecule is Cc1ccc(N2CCC3(CC2)CCN(c2ncc(F)cn2)CC3)nn1. The second-order valence-electron chi connectivity index (χ2n) is 7.21. The second kappa shape index (κ2) is 6.54. The average Bonchev–Trinajstić information content (AvgIpc) is 2.65. The summed E-state index contributed by atoms with van der Waals surface area (Å²) in [6.45, 7) is 5.90. The third-order valence-corrected chi connectivity index (χ3v) is 5.65. The number of hydrogen-bond acceptors (Lipinski definition) is 6. The molecule has 0 amide bonds. The quantitative estimate of drug-likeness (QED) is 0.836. The molecule has 2 aromatic rings. The van der Waals surface area contributed by atoms with Crippen LogP contribution in [0.5, 0.6) is 0 Å². The highest BCUT2D eigenvalue weighted by atomic mass is 19.1. The van der Waals surface area contributed by atoms with Gasteiger partial charge in [0.2, 0.25) is 5.95 Å². The first-order chi connectivity index (χ1) is 12.1. The number of piperidine rings is 2. The molecule has 0 radical (unpaired) electrons. The predicted octanol–water partition coefficient (Wildman–Crippen LogP) is 2.60. The van der Waals surface area contributed by atoms with Crippen LogP contribution >= 0.6 is 0 Å². The van der Waals surface area contributed by atoms with Crippen molar-refractivity contribution in [1.82, 2.24) is 20.2 Å². The molecule has 132 valence electrons. The van der Waals surface area contributed by atoms with Gasteiger partial charge in [-0.1, -0.05) is 0 Å². The van der Waals surface area contributed by atoms with Crippen molar-refractivity contribution in [3.8, 4) is 0 Å². The summed E-state index contributed by atoms with van der Waals surface area (Å²) in [5, 5.41) is 8.48. The minimum Gasteiger partial charge on any atom is -0.355 e. The van der Waals surface area contributed by atoms with Gasteiger partial charge in [0.1, 0.15) is 0 Å². The fraction of sp³-hybridized carbons (Fsp3) is 0.556. The third-order valence-electron chi connectivity index (χ3n) is 5.65. The second-order valence-corrected chi connectivity index (χ2v) is 7.21. The molecule has 25 heavy (non-hydrogen) atoms. The summed E-state index contributed by atoms with van der Waals surface area (Å²) >= 11 is 0. The lowest BCUT2D eigenvalue weighted by atomic mass is 9.71. The number of hydrogen-bond donors (Lipinski definition) is 0. The van der Waals surface area contributed by atoms with Crippen LogP contribution in [0.4, 0.5) is 16.2 Å². The maximum Gasteiger partial charge on any atom is 0.225 e. The van der Waals surface area contributed by atoms with Gasteiger partial charge in [-0.3, -0.25) is 0 Å². The van der Waals surface area contributed by atoms with Gasteiger partial charge in [0.15, 0.2) is 11.6 Å². The Hall–Kier alpha value is -2.31. The molecule has 2 aliphatic rings. The van der Waals surface area contributed by atoms with E-state index in [1.54, 1.807) is 0 Å². The Morgan fingerprint density at radius 2 is 1.48 bits per heavy atom. The molecule has 2 fully saturated rings. The first-order valence-electron chi connectivity index (χ1n) is 8.91. The molecular formula is C18H23FN6. The molecule has 4 rings (SSSR count). The lowest BCUT2D eigenvalue weighted by molar-refractivity contribution is 0.165. The van der Waals surface area contributed by atoms with Gasteiger partial charge in [0.05, 0.1) is 18.1 Å². The van der Waals surface area contributed by atoms with E-state index in [9.17, 15) is 4.39 Å². The zero-order valence-electron chi connectivity index (χ0n) is 14.5. The monoisotopic (exact) mass is 342 g/mol. The van der Waals surface area contributed by atoms with E-state index < -0.39 is 0 Å². The van der Waals surface area contributed by atoms with Gasteiger partial charge >= 0.3 is 0 Å². The molecule has 0 unspecified atom stereocenters. The number of aromatic nitrogens is 4. The highest BCUT2D eigenvalue weighted by Gasteiger charge is 2.38. The largest absolute Gasteiger partial charge is 0.355 e. The van der Waals surface area contributed by atoms with E-state index in [2.05, 4.69) is 36.0 Å². The smallest absolute Gasteiger partial charge is 0.225 e. The van der Waals surface area contributed by atoms with Crippen LogP contribution < -0.4 is 9.80 Å². The minimum absolute atomic E-state index is 0.385. The maximum atomic E-state index is 13.0. The summed E-state index contributed by atoms with van der Waals surface area (Å²) in [4.78, 5) is 12.7. The van der Waals surface area contributed by atoms with Crippen molar-refractivity contribution in [1.29, 1.82) is 0 Å². The number of halogens is 1. The average molecular weight is 342 g/mol. The van der Waals surface area contributed by atoms with Gasteiger partial charge in [0, 0.05) is 26.2 Å². The summed E-state index contributed by atoms with van der Waals surface area (Å²) in [6, 6.07) is 4.09. The van der Waals surface area contributed by atoms with E-state index in [1.165, 1.54) is 25.2 Å². The van der Waals surface area contributed by atoms with E-state index in [4.69, 9.17) is 0 Å². The molecule has 0 aromatic carbocycles. The van der Waals surface area contributed by atoms with Crippen LogP contribution in [-0.2, 0) is 0 Å². The Balaban J connectivity index is 1.35. The van der Waals surface area contributed by atoms with Gasteiger partial charge in [-0.25, -0.2) is 14.4 Å². The van der Waals surface area contributed by atoms with Crippen molar-refractivity contribution in [2.24, 2.45) is 5.41 Å². The summed E-state index contributed by atoms with van der Waals surface area (Å²) in [5.41, 5.74) is 1.36. The standard InChI is InChI=1S/C18H23FN6/c1-14-2-3-16(23-22-14)24-8-4-18(5-9-24)6-10-25(11-7-18)17-20-12-15(19)13-21-17/h2-3,12-13H,4-11H2,1H3. The number of nitrogens with zero attached hydrogens (tertiary/aromatic N) is 6. The van der Waals surface area contributed by atoms with Gasteiger partial charge in [0.25, 0.3) is 0 Å². The Labute approximate surface area is 147 Å². The molecule has 0 N–H and O–H groups in total.